The zero-order valence-corrected chi connectivity index (χ0v) is 14.7. The number of hydrogen-bond donors (Lipinski definition) is 2. The van der Waals surface area contributed by atoms with Crippen molar-refractivity contribution in [1.29, 1.82) is 0 Å². The average molecular weight is 321 g/mol. The molecule has 2 rings (SSSR count). The van der Waals surface area contributed by atoms with Crippen molar-refractivity contribution in [3.05, 3.63) is 39.4 Å². The maximum Gasteiger partial charge on any atom is 0.251 e. The van der Waals surface area contributed by atoms with Gasteiger partial charge in [-0.05, 0) is 69.2 Å². The number of rotatable bonds is 6. The smallest absolute Gasteiger partial charge is 0.251 e. The molecule has 1 aliphatic rings. The Balaban J connectivity index is 2.29. The van der Waals surface area contributed by atoms with Crippen LogP contribution in [0, 0.1) is 13.8 Å². The molecule has 0 aliphatic carbocycles. The normalized spacial score (nSPS) is 16.8. The standard InChI is InChI=1S/C18H25ClN2O/c1-5-14-12(3)18(22)21-17(14)10-16-11(2)15(13(4)20-16)8-6-7-9-19/h10,20H,5-9H2,1-4H3,(H,21,22)/b17-10-. The second kappa shape index (κ2) is 7.19. The molecule has 1 aromatic rings. The highest BCUT2D eigenvalue weighted by atomic mass is 35.5. The van der Waals surface area contributed by atoms with Crippen LogP contribution in [0.3, 0.4) is 0 Å². The van der Waals surface area contributed by atoms with E-state index in [2.05, 4.69) is 37.1 Å². The van der Waals surface area contributed by atoms with E-state index in [0.717, 1.165) is 54.1 Å². The number of carbonyl (C=O) groups is 1. The van der Waals surface area contributed by atoms with Gasteiger partial charge in [0.05, 0.1) is 0 Å². The van der Waals surface area contributed by atoms with Crippen molar-refractivity contribution in [3.8, 4) is 0 Å². The molecule has 0 atom stereocenters. The van der Waals surface area contributed by atoms with Crippen LogP contribution in [0.1, 0.15) is 55.6 Å². The number of aromatic amines is 1. The minimum absolute atomic E-state index is 0.0198. The van der Waals surface area contributed by atoms with E-state index in [1.165, 1.54) is 16.8 Å². The van der Waals surface area contributed by atoms with Crippen molar-refractivity contribution in [2.45, 2.75) is 53.4 Å². The van der Waals surface area contributed by atoms with Gasteiger partial charge in [0.2, 0.25) is 0 Å². The average Bonchev–Trinajstić information content (AvgIpc) is 2.90. The highest BCUT2D eigenvalue weighted by molar-refractivity contribution is 6.17. The van der Waals surface area contributed by atoms with Crippen LogP contribution >= 0.6 is 11.6 Å². The number of nitrogens with one attached hydrogen (secondary N) is 2. The summed E-state index contributed by atoms with van der Waals surface area (Å²) in [6, 6.07) is 0. The van der Waals surface area contributed by atoms with Gasteiger partial charge >= 0.3 is 0 Å². The molecule has 1 amide bonds. The van der Waals surface area contributed by atoms with Crippen molar-refractivity contribution in [2.24, 2.45) is 0 Å². The van der Waals surface area contributed by atoms with Crippen molar-refractivity contribution in [1.82, 2.24) is 10.3 Å². The monoisotopic (exact) mass is 320 g/mol. The molecule has 2 heterocycles. The first-order chi connectivity index (χ1) is 10.5. The molecule has 1 aromatic heterocycles. The highest BCUT2D eigenvalue weighted by Crippen LogP contribution is 2.27. The molecular formula is C18H25ClN2O. The number of unbranched alkanes of at least 4 members (excludes halogenated alkanes) is 1. The van der Waals surface area contributed by atoms with Crippen LogP contribution in [0.15, 0.2) is 16.8 Å². The molecule has 2 N–H and O–H groups in total. The van der Waals surface area contributed by atoms with Crippen LogP contribution in [0.4, 0.5) is 0 Å². The Kier molecular flexibility index (Phi) is 5.52. The van der Waals surface area contributed by atoms with Gasteiger partial charge in [0.15, 0.2) is 0 Å². The van der Waals surface area contributed by atoms with Crippen LogP contribution in [0.2, 0.25) is 0 Å². The fourth-order valence-corrected chi connectivity index (χ4v) is 3.27. The molecule has 1 aliphatic heterocycles. The molecule has 0 radical (unpaired) electrons. The van der Waals surface area contributed by atoms with Gasteiger partial charge < -0.3 is 10.3 Å². The second-order valence-electron chi connectivity index (χ2n) is 5.88. The summed E-state index contributed by atoms with van der Waals surface area (Å²) in [6.45, 7) is 8.22. The summed E-state index contributed by atoms with van der Waals surface area (Å²) >= 11 is 5.76. The van der Waals surface area contributed by atoms with E-state index in [-0.39, 0.29) is 5.91 Å². The van der Waals surface area contributed by atoms with Gasteiger partial charge in [-0.2, -0.15) is 0 Å². The Labute approximate surface area is 137 Å². The summed E-state index contributed by atoms with van der Waals surface area (Å²) < 4.78 is 0. The third-order valence-electron chi connectivity index (χ3n) is 4.45. The predicted molar refractivity (Wildman–Crippen MR) is 93.0 cm³/mol. The van der Waals surface area contributed by atoms with E-state index >= 15 is 0 Å². The fraction of sp³-hybridized carbons (Fsp3) is 0.500. The lowest BCUT2D eigenvalue weighted by atomic mass is 10.0. The van der Waals surface area contributed by atoms with Crippen LogP contribution in [0.25, 0.3) is 6.08 Å². The zero-order valence-electron chi connectivity index (χ0n) is 13.9. The molecule has 0 unspecified atom stereocenters. The zero-order chi connectivity index (χ0) is 16.3. The van der Waals surface area contributed by atoms with Gasteiger partial charge in [-0.15, -0.1) is 11.6 Å². The second-order valence-corrected chi connectivity index (χ2v) is 6.26. The molecule has 3 nitrogen and oxygen atoms in total. The van der Waals surface area contributed by atoms with Crippen LogP contribution in [-0.2, 0) is 11.2 Å². The number of alkyl halides is 1. The maximum atomic E-state index is 11.8. The van der Waals surface area contributed by atoms with Gasteiger partial charge in [-0.1, -0.05) is 6.92 Å². The van der Waals surface area contributed by atoms with Gasteiger partial charge in [0.25, 0.3) is 5.91 Å². The number of hydrogen-bond acceptors (Lipinski definition) is 1. The number of aromatic nitrogens is 1. The lowest BCUT2D eigenvalue weighted by Crippen LogP contribution is -2.15. The lowest BCUT2D eigenvalue weighted by Gasteiger charge is -2.04. The minimum atomic E-state index is 0.0198. The Morgan fingerprint density at radius 3 is 2.55 bits per heavy atom. The molecule has 4 heteroatoms. The molecule has 120 valence electrons. The van der Waals surface area contributed by atoms with Crippen LogP contribution in [0.5, 0.6) is 0 Å². The van der Waals surface area contributed by atoms with Crippen molar-refractivity contribution in [3.63, 3.8) is 0 Å². The summed E-state index contributed by atoms with van der Waals surface area (Å²) in [7, 11) is 0. The molecule has 22 heavy (non-hydrogen) atoms. The number of halogens is 1. The summed E-state index contributed by atoms with van der Waals surface area (Å²) in [5.74, 6) is 0.737. The molecule has 0 aromatic carbocycles. The predicted octanol–water partition coefficient (Wildman–Crippen LogP) is 4.39. The number of H-pyrrole nitrogens is 1. The molecule has 0 spiro atoms. The molecule has 0 fully saturated rings. The van der Waals surface area contributed by atoms with Gasteiger partial charge in [-0.3, -0.25) is 4.79 Å². The van der Waals surface area contributed by atoms with Gasteiger partial charge in [0, 0.05) is 28.5 Å². The van der Waals surface area contributed by atoms with Crippen molar-refractivity contribution < 1.29 is 4.79 Å². The first-order valence-electron chi connectivity index (χ1n) is 7.96. The van der Waals surface area contributed by atoms with E-state index in [1.54, 1.807) is 0 Å². The quantitative estimate of drug-likeness (QED) is 0.592. The molecule has 0 bridgehead atoms. The number of carbonyl (C=O) groups excluding carboxylic acids is 1. The van der Waals surface area contributed by atoms with Gasteiger partial charge in [0.1, 0.15) is 0 Å². The van der Waals surface area contributed by atoms with Crippen LogP contribution in [-0.4, -0.2) is 16.8 Å². The Morgan fingerprint density at radius 2 is 1.91 bits per heavy atom. The third-order valence-corrected chi connectivity index (χ3v) is 4.72. The summed E-state index contributed by atoms with van der Waals surface area (Å²) in [5, 5.41) is 2.97. The topological polar surface area (TPSA) is 44.9 Å². The van der Waals surface area contributed by atoms with Crippen molar-refractivity contribution >= 4 is 23.6 Å². The van der Waals surface area contributed by atoms with E-state index in [0.29, 0.717) is 0 Å². The summed E-state index contributed by atoms with van der Waals surface area (Å²) in [6.07, 6.45) is 6.12. The first-order valence-corrected chi connectivity index (χ1v) is 8.50. The molecular weight excluding hydrogens is 296 g/mol. The molecule has 0 saturated heterocycles. The fourth-order valence-electron chi connectivity index (χ4n) is 3.08. The van der Waals surface area contributed by atoms with Crippen LogP contribution < -0.4 is 5.32 Å². The van der Waals surface area contributed by atoms with Gasteiger partial charge in [-0.25, -0.2) is 0 Å². The first kappa shape index (κ1) is 16.9. The number of amides is 1. The summed E-state index contributed by atoms with van der Waals surface area (Å²) in [5.41, 5.74) is 7.82. The van der Waals surface area contributed by atoms with E-state index in [1.807, 2.05) is 6.92 Å². The number of allylic oxidation sites excluding steroid dienone is 1. The molecule has 0 saturated carbocycles. The van der Waals surface area contributed by atoms with E-state index in [4.69, 9.17) is 11.6 Å². The Morgan fingerprint density at radius 1 is 1.18 bits per heavy atom. The number of aryl methyl sites for hydroxylation is 1. The summed E-state index contributed by atoms with van der Waals surface area (Å²) in [4.78, 5) is 15.3. The Hall–Kier alpha value is -1.48. The third kappa shape index (κ3) is 3.30. The van der Waals surface area contributed by atoms with E-state index in [9.17, 15) is 4.79 Å². The Bertz CT molecular complexity index is 638. The largest absolute Gasteiger partial charge is 0.359 e. The minimum Gasteiger partial charge on any atom is -0.359 e. The SMILES string of the molecule is CCC1=C(C)C(=O)N/C1=C\c1[nH]c(C)c(CCCCCl)c1C. The lowest BCUT2D eigenvalue weighted by molar-refractivity contribution is -0.116. The highest BCUT2D eigenvalue weighted by Gasteiger charge is 2.22. The van der Waals surface area contributed by atoms with Crippen molar-refractivity contribution in [2.75, 3.05) is 5.88 Å². The van der Waals surface area contributed by atoms with E-state index < -0.39 is 0 Å². The maximum absolute atomic E-state index is 11.8.